The average molecular weight is 466 g/mol. The van der Waals surface area contributed by atoms with Crippen molar-refractivity contribution in [2.24, 2.45) is 10.3 Å². The molecular formula is C21H27N3O7S. The van der Waals surface area contributed by atoms with Gasteiger partial charge in [-0.2, -0.15) is 8.42 Å². The second-order valence-corrected chi connectivity index (χ2v) is 8.99. The van der Waals surface area contributed by atoms with Gasteiger partial charge in [-0.15, -0.1) is 4.40 Å². The van der Waals surface area contributed by atoms with Crippen LogP contribution >= 0.6 is 0 Å². The number of nitrogens with zero attached hydrogens (tertiary/aromatic N) is 3. The molecule has 0 radical (unpaired) electrons. The summed E-state index contributed by atoms with van der Waals surface area (Å²) in [4.78, 5) is 27.0. The van der Waals surface area contributed by atoms with Gasteiger partial charge in [-0.3, -0.25) is 9.59 Å². The maximum absolute atomic E-state index is 13.3. The molecule has 0 saturated carbocycles. The molecule has 32 heavy (non-hydrogen) atoms. The number of piperidine rings is 1. The zero-order valence-corrected chi connectivity index (χ0v) is 19.3. The molecule has 1 atom stereocenters. The summed E-state index contributed by atoms with van der Waals surface area (Å²) in [5, 5.41) is 0. The minimum atomic E-state index is -4.16. The minimum absolute atomic E-state index is 0.0566. The van der Waals surface area contributed by atoms with Crippen LogP contribution in [0, 0.1) is 5.92 Å². The Morgan fingerprint density at radius 1 is 1.22 bits per heavy atom. The van der Waals surface area contributed by atoms with Gasteiger partial charge in [0.25, 0.3) is 5.91 Å². The molecule has 1 aromatic carbocycles. The average Bonchev–Trinajstić information content (AvgIpc) is 2.80. The highest BCUT2D eigenvalue weighted by atomic mass is 32.2. The maximum atomic E-state index is 13.3. The van der Waals surface area contributed by atoms with Crippen LogP contribution < -0.4 is 9.47 Å². The van der Waals surface area contributed by atoms with Gasteiger partial charge in [0.15, 0.2) is 0 Å². The van der Waals surface area contributed by atoms with Crippen LogP contribution in [0.15, 0.2) is 34.4 Å². The number of hydrogen-bond donors (Lipinski definition) is 0. The second-order valence-electron chi connectivity index (χ2n) is 7.36. The van der Waals surface area contributed by atoms with E-state index in [2.05, 4.69) is 4.40 Å². The van der Waals surface area contributed by atoms with E-state index in [-0.39, 0.29) is 30.5 Å². The number of methoxy groups -OCH3 is 2. The Kier molecular flexibility index (Phi) is 7.07. The fourth-order valence-corrected chi connectivity index (χ4v) is 4.57. The van der Waals surface area contributed by atoms with Crippen molar-refractivity contribution in [1.82, 2.24) is 9.21 Å². The van der Waals surface area contributed by atoms with E-state index in [9.17, 15) is 18.0 Å². The number of hydrogen-bond acceptors (Lipinski definition) is 7. The summed E-state index contributed by atoms with van der Waals surface area (Å²) in [6.45, 7) is 2.56. The number of carbonyl (C=O) groups excluding carboxylic acids is 2. The number of likely N-dealkylation sites (tertiary alicyclic amines) is 1. The van der Waals surface area contributed by atoms with Crippen LogP contribution in [-0.4, -0.2) is 76.2 Å². The lowest BCUT2D eigenvalue weighted by molar-refractivity contribution is -0.151. The highest BCUT2D eigenvalue weighted by Gasteiger charge is 2.36. The summed E-state index contributed by atoms with van der Waals surface area (Å²) >= 11 is 0. The van der Waals surface area contributed by atoms with Gasteiger partial charge in [0.05, 0.1) is 32.5 Å². The van der Waals surface area contributed by atoms with Gasteiger partial charge in [-0.05, 0) is 44.0 Å². The molecule has 0 spiro atoms. The van der Waals surface area contributed by atoms with Crippen molar-refractivity contribution >= 4 is 27.8 Å². The zero-order chi connectivity index (χ0) is 23.5. The Bertz CT molecular complexity index is 1070. The number of likely N-dealkylation sites (N-methyl/N-ethyl adjacent to an activating group) is 1. The predicted octanol–water partition coefficient (Wildman–Crippen LogP) is 1.37. The van der Waals surface area contributed by atoms with E-state index in [1.807, 2.05) is 0 Å². The van der Waals surface area contributed by atoms with Crippen molar-refractivity contribution in [3.63, 3.8) is 0 Å². The fraction of sp³-hybridized carbons (Fsp3) is 0.476. The van der Waals surface area contributed by atoms with Crippen LogP contribution in [-0.2, 0) is 24.5 Å². The number of allylic oxidation sites excluding steroid dienone is 1. The smallest absolute Gasteiger partial charge is 0.345 e. The molecular weight excluding hydrogens is 438 g/mol. The largest absolute Gasteiger partial charge is 0.497 e. The van der Waals surface area contributed by atoms with Gasteiger partial charge >= 0.3 is 16.2 Å². The lowest BCUT2D eigenvalue weighted by Crippen LogP contribution is -2.46. The molecule has 3 rings (SSSR count). The summed E-state index contributed by atoms with van der Waals surface area (Å²) in [5.74, 6) is -0.432. The molecule has 1 saturated heterocycles. The number of benzene rings is 1. The number of esters is 1. The van der Waals surface area contributed by atoms with Crippen LogP contribution in [0.4, 0.5) is 0 Å². The van der Waals surface area contributed by atoms with Crippen molar-refractivity contribution in [3.05, 3.63) is 35.5 Å². The summed E-state index contributed by atoms with van der Waals surface area (Å²) in [7, 11) is 0.0544. The second kappa shape index (κ2) is 9.60. The van der Waals surface area contributed by atoms with Crippen LogP contribution in [0.25, 0.3) is 0 Å². The lowest BCUT2D eigenvalue weighted by atomic mass is 9.97. The monoisotopic (exact) mass is 465 g/mol. The molecule has 1 aromatic rings. The molecule has 0 aliphatic carbocycles. The molecule has 1 fully saturated rings. The molecule has 2 aliphatic rings. The van der Waals surface area contributed by atoms with Crippen molar-refractivity contribution in [2.45, 2.75) is 19.8 Å². The molecule has 2 aliphatic heterocycles. The fourth-order valence-electron chi connectivity index (χ4n) is 3.67. The first-order chi connectivity index (χ1) is 15.2. The Morgan fingerprint density at radius 2 is 1.97 bits per heavy atom. The Labute approximate surface area is 187 Å². The first kappa shape index (κ1) is 23.6. The van der Waals surface area contributed by atoms with Gasteiger partial charge in [0, 0.05) is 25.7 Å². The standard InChI is InChI=1S/C21H27N3O7S/c1-5-31-21(26)14-7-6-10-24(13-14)20(25)18-12-17(22-32(27,28)23(18)2)16-11-15(29-3)8-9-19(16)30-4/h8-9,11-12,14H,5-7,10,13H2,1-4H3/t14-/m0/s1. The van der Waals surface area contributed by atoms with Gasteiger partial charge < -0.3 is 19.1 Å². The van der Waals surface area contributed by atoms with E-state index >= 15 is 0 Å². The van der Waals surface area contributed by atoms with Crippen molar-refractivity contribution < 1.29 is 32.2 Å². The number of carbonyl (C=O) groups is 2. The quantitative estimate of drug-likeness (QED) is 0.583. The van der Waals surface area contributed by atoms with E-state index in [0.717, 1.165) is 4.31 Å². The molecule has 174 valence electrons. The first-order valence-corrected chi connectivity index (χ1v) is 11.6. The molecule has 11 heteroatoms. The number of rotatable bonds is 6. The molecule has 0 bridgehead atoms. The van der Waals surface area contributed by atoms with Gasteiger partial charge in [0.1, 0.15) is 17.2 Å². The van der Waals surface area contributed by atoms with Crippen LogP contribution in [0.2, 0.25) is 0 Å². The molecule has 1 amide bonds. The Balaban J connectivity index is 1.97. The van der Waals surface area contributed by atoms with Crippen molar-refractivity contribution in [2.75, 3.05) is 41.0 Å². The van der Waals surface area contributed by atoms with Gasteiger partial charge in [-0.25, -0.2) is 4.31 Å². The van der Waals surface area contributed by atoms with Crippen LogP contribution in [0.3, 0.4) is 0 Å². The Morgan fingerprint density at radius 3 is 2.62 bits per heavy atom. The third-order valence-electron chi connectivity index (χ3n) is 5.40. The first-order valence-electron chi connectivity index (χ1n) is 10.2. The molecule has 0 unspecified atom stereocenters. The highest BCUT2D eigenvalue weighted by molar-refractivity contribution is 7.88. The summed E-state index contributed by atoms with van der Waals surface area (Å²) < 4.78 is 45.9. The summed E-state index contributed by atoms with van der Waals surface area (Å²) in [6, 6.07) is 4.89. The van der Waals surface area contributed by atoms with Crippen molar-refractivity contribution in [3.8, 4) is 11.5 Å². The minimum Gasteiger partial charge on any atom is -0.497 e. The van der Waals surface area contributed by atoms with Crippen LogP contribution in [0.1, 0.15) is 25.3 Å². The highest BCUT2D eigenvalue weighted by Crippen LogP contribution is 2.30. The van der Waals surface area contributed by atoms with E-state index in [1.54, 1.807) is 25.1 Å². The summed E-state index contributed by atoms with van der Waals surface area (Å²) in [5.41, 5.74) is 0.363. The van der Waals surface area contributed by atoms with Crippen LogP contribution in [0.5, 0.6) is 11.5 Å². The van der Waals surface area contributed by atoms with E-state index in [4.69, 9.17) is 14.2 Å². The third-order valence-corrected chi connectivity index (χ3v) is 6.72. The van der Waals surface area contributed by atoms with E-state index in [1.165, 1.54) is 32.2 Å². The van der Waals surface area contributed by atoms with Crippen molar-refractivity contribution in [1.29, 1.82) is 0 Å². The molecule has 0 N–H and O–H groups in total. The lowest BCUT2D eigenvalue weighted by Gasteiger charge is -2.34. The maximum Gasteiger partial charge on any atom is 0.345 e. The zero-order valence-electron chi connectivity index (χ0n) is 18.5. The normalized spacial score (nSPS) is 20.2. The topological polar surface area (TPSA) is 115 Å². The predicted molar refractivity (Wildman–Crippen MR) is 117 cm³/mol. The Hall–Kier alpha value is -3.08. The summed E-state index contributed by atoms with van der Waals surface area (Å²) in [6.07, 6.45) is 2.64. The third kappa shape index (κ3) is 4.72. The number of ether oxygens (including phenoxy) is 3. The van der Waals surface area contributed by atoms with E-state index < -0.39 is 22.0 Å². The molecule has 10 nitrogen and oxygen atoms in total. The SMILES string of the molecule is CCOC(=O)[C@H]1CCCN(C(=O)C2=CC(c3cc(OC)ccc3OC)=NS(=O)(=O)N2C)C1. The molecule has 2 heterocycles. The van der Waals surface area contributed by atoms with Gasteiger partial charge in [0.2, 0.25) is 0 Å². The van der Waals surface area contributed by atoms with Gasteiger partial charge in [-0.1, -0.05) is 0 Å². The number of amides is 1. The van der Waals surface area contributed by atoms with E-state index in [0.29, 0.717) is 36.4 Å². The molecule has 0 aromatic heterocycles.